The standard InChI is InChI=1S/C26H34N2O4/c1-18-24(16-28-13-4-3-5-14-28)31-26(22-7-6-8-23(15-22)27-19(2)30)32-25(18)21-11-9-20(17-29)10-12-21/h6-12,15,18,24-26,29H,3-5,13-14,16-17H2,1-2H3,(H,27,30)/t18-,24+,25+,26+/m1/s1. The Morgan fingerprint density at radius 1 is 1.06 bits per heavy atom. The molecule has 2 aliphatic heterocycles. The van der Waals surface area contributed by atoms with Gasteiger partial charge in [-0.2, -0.15) is 0 Å². The Morgan fingerprint density at radius 2 is 1.81 bits per heavy atom. The molecule has 4 atom stereocenters. The molecule has 0 unspecified atom stereocenters. The van der Waals surface area contributed by atoms with E-state index < -0.39 is 6.29 Å². The largest absolute Gasteiger partial charge is 0.392 e. The molecule has 0 bridgehead atoms. The van der Waals surface area contributed by atoms with E-state index in [4.69, 9.17) is 9.47 Å². The van der Waals surface area contributed by atoms with Crippen LogP contribution in [0.5, 0.6) is 0 Å². The second-order valence-electron chi connectivity index (χ2n) is 8.99. The van der Waals surface area contributed by atoms with Gasteiger partial charge in [-0.3, -0.25) is 4.79 Å². The molecule has 1 amide bonds. The average molecular weight is 439 g/mol. The molecule has 0 aliphatic carbocycles. The number of ether oxygens (including phenoxy) is 2. The van der Waals surface area contributed by atoms with E-state index in [1.165, 1.54) is 26.2 Å². The van der Waals surface area contributed by atoms with Gasteiger partial charge in [-0.15, -0.1) is 0 Å². The van der Waals surface area contributed by atoms with Gasteiger partial charge in [0.25, 0.3) is 0 Å². The molecule has 0 aromatic heterocycles. The zero-order chi connectivity index (χ0) is 22.5. The molecule has 2 heterocycles. The number of carbonyl (C=O) groups excluding carboxylic acids is 1. The highest BCUT2D eigenvalue weighted by Gasteiger charge is 2.39. The number of amides is 1. The summed E-state index contributed by atoms with van der Waals surface area (Å²) in [4.78, 5) is 14.0. The van der Waals surface area contributed by atoms with Gasteiger partial charge in [0.1, 0.15) is 0 Å². The fourth-order valence-corrected chi connectivity index (χ4v) is 4.69. The summed E-state index contributed by atoms with van der Waals surface area (Å²) in [6, 6.07) is 15.7. The molecule has 172 valence electrons. The molecule has 32 heavy (non-hydrogen) atoms. The van der Waals surface area contributed by atoms with E-state index in [0.717, 1.165) is 42.0 Å². The molecule has 0 spiro atoms. The van der Waals surface area contributed by atoms with Crippen LogP contribution in [0.4, 0.5) is 5.69 Å². The Morgan fingerprint density at radius 3 is 2.50 bits per heavy atom. The maximum absolute atomic E-state index is 11.5. The number of likely N-dealkylation sites (tertiary alicyclic amines) is 1. The highest BCUT2D eigenvalue weighted by molar-refractivity contribution is 5.88. The maximum atomic E-state index is 11.5. The lowest BCUT2D eigenvalue weighted by atomic mass is 9.89. The van der Waals surface area contributed by atoms with Gasteiger partial charge >= 0.3 is 0 Å². The van der Waals surface area contributed by atoms with Crippen LogP contribution in [0.25, 0.3) is 0 Å². The lowest BCUT2D eigenvalue weighted by Crippen LogP contribution is -2.45. The topological polar surface area (TPSA) is 71.0 Å². The summed E-state index contributed by atoms with van der Waals surface area (Å²) in [7, 11) is 0. The van der Waals surface area contributed by atoms with Crippen LogP contribution >= 0.6 is 0 Å². The molecule has 2 aromatic carbocycles. The number of nitrogens with one attached hydrogen (secondary N) is 1. The monoisotopic (exact) mass is 438 g/mol. The molecule has 2 saturated heterocycles. The predicted molar refractivity (Wildman–Crippen MR) is 124 cm³/mol. The van der Waals surface area contributed by atoms with E-state index in [9.17, 15) is 9.90 Å². The molecule has 2 aromatic rings. The van der Waals surface area contributed by atoms with Crippen molar-refractivity contribution in [2.24, 2.45) is 5.92 Å². The number of anilines is 1. The number of benzene rings is 2. The van der Waals surface area contributed by atoms with Crippen molar-refractivity contribution >= 4 is 11.6 Å². The van der Waals surface area contributed by atoms with Crippen LogP contribution in [-0.2, 0) is 20.9 Å². The first-order valence-corrected chi connectivity index (χ1v) is 11.6. The Bertz CT molecular complexity index is 895. The minimum atomic E-state index is -0.516. The molecule has 2 aliphatic rings. The lowest BCUT2D eigenvalue weighted by Gasteiger charge is -2.43. The van der Waals surface area contributed by atoms with Gasteiger partial charge in [-0.1, -0.05) is 49.7 Å². The number of aliphatic hydroxyl groups is 1. The van der Waals surface area contributed by atoms with Crippen LogP contribution in [0.15, 0.2) is 48.5 Å². The van der Waals surface area contributed by atoms with Gasteiger partial charge in [-0.25, -0.2) is 0 Å². The number of carbonyl (C=O) groups is 1. The molecular formula is C26H34N2O4. The summed E-state index contributed by atoms with van der Waals surface area (Å²) in [5.74, 6) is 0.0674. The lowest BCUT2D eigenvalue weighted by molar-refractivity contribution is -0.276. The van der Waals surface area contributed by atoms with E-state index in [0.29, 0.717) is 0 Å². The second kappa shape index (κ2) is 10.6. The van der Waals surface area contributed by atoms with E-state index in [1.54, 1.807) is 0 Å². The Hall–Kier alpha value is -2.25. The zero-order valence-corrected chi connectivity index (χ0v) is 19.0. The highest BCUT2D eigenvalue weighted by Crippen LogP contribution is 2.42. The van der Waals surface area contributed by atoms with Crippen LogP contribution < -0.4 is 5.32 Å². The zero-order valence-electron chi connectivity index (χ0n) is 19.0. The number of rotatable bonds is 6. The van der Waals surface area contributed by atoms with Gasteiger partial charge in [0.05, 0.1) is 18.8 Å². The van der Waals surface area contributed by atoms with Gasteiger partial charge in [0, 0.05) is 30.6 Å². The van der Waals surface area contributed by atoms with E-state index in [1.807, 2.05) is 48.5 Å². The Labute approximate surface area is 190 Å². The van der Waals surface area contributed by atoms with Crippen molar-refractivity contribution < 1.29 is 19.4 Å². The minimum absolute atomic E-state index is 0.0267. The van der Waals surface area contributed by atoms with E-state index in [2.05, 4.69) is 17.1 Å². The van der Waals surface area contributed by atoms with Crippen molar-refractivity contribution in [2.45, 2.75) is 58.2 Å². The number of hydrogen-bond acceptors (Lipinski definition) is 5. The van der Waals surface area contributed by atoms with Gasteiger partial charge in [0.2, 0.25) is 5.91 Å². The first-order valence-electron chi connectivity index (χ1n) is 11.6. The third-order valence-electron chi connectivity index (χ3n) is 6.49. The summed E-state index contributed by atoms with van der Waals surface area (Å²) in [5.41, 5.74) is 3.60. The number of piperidine rings is 1. The molecule has 2 N–H and O–H groups in total. The van der Waals surface area contributed by atoms with Crippen molar-refractivity contribution in [3.63, 3.8) is 0 Å². The van der Waals surface area contributed by atoms with Crippen LogP contribution in [0.1, 0.15) is 62.2 Å². The van der Waals surface area contributed by atoms with Crippen molar-refractivity contribution in [3.8, 4) is 0 Å². The van der Waals surface area contributed by atoms with Crippen LogP contribution in [0, 0.1) is 5.92 Å². The van der Waals surface area contributed by atoms with Crippen molar-refractivity contribution in [1.29, 1.82) is 0 Å². The fourth-order valence-electron chi connectivity index (χ4n) is 4.69. The minimum Gasteiger partial charge on any atom is -0.392 e. The summed E-state index contributed by atoms with van der Waals surface area (Å²) < 4.78 is 13.0. The van der Waals surface area contributed by atoms with Crippen LogP contribution in [-0.4, -0.2) is 41.7 Å². The van der Waals surface area contributed by atoms with Crippen molar-refractivity contribution in [1.82, 2.24) is 4.90 Å². The third kappa shape index (κ3) is 5.56. The highest BCUT2D eigenvalue weighted by atomic mass is 16.7. The Kier molecular flexibility index (Phi) is 7.58. The summed E-state index contributed by atoms with van der Waals surface area (Å²) in [5, 5.41) is 12.3. The smallest absolute Gasteiger partial charge is 0.221 e. The van der Waals surface area contributed by atoms with Crippen LogP contribution in [0.3, 0.4) is 0 Å². The second-order valence-corrected chi connectivity index (χ2v) is 8.99. The molecule has 2 fully saturated rings. The van der Waals surface area contributed by atoms with E-state index >= 15 is 0 Å². The summed E-state index contributed by atoms with van der Waals surface area (Å²) in [6.45, 7) is 6.85. The number of aliphatic hydroxyl groups excluding tert-OH is 1. The van der Waals surface area contributed by atoms with E-state index in [-0.39, 0.29) is 30.6 Å². The summed E-state index contributed by atoms with van der Waals surface area (Å²) in [6.07, 6.45) is 3.17. The molecular weight excluding hydrogens is 404 g/mol. The first-order chi connectivity index (χ1) is 15.5. The van der Waals surface area contributed by atoms with Crippen molar-refractivity contribution in [2.75, 3.05) is 25.0 Å². The molecule has 0 saturated carbocycles. The van der Waals surface area contributed by atoms with Gasteiger partial charge in [-0.05, 0) is 49.2 Å². The summed E-state index contributed by atoms with van der Waals surface area (Å²) >= 11 is 0. The molecule has 6 heteroatoms. The Balaban J connectivity index is 1.60. The van der Waals surface area contributed by atoms with Crippen molar-refractivity contribution in [3.05, 3.63) is 65.2 Å². The molecule has 4 rings (SSSR count). The predicted octanol–water partition coefficient (Wildman–Crippen LogP) is 4.41. The SMILES string of the molecule is CC(=O)Nc1cccc([C@H]2O[C@@H](CN3CCCCC3)[C@@H](C)[C@@H](c3ccc(CO)cc3)O2)c1. The molecule has 6 nitrogen and oxygen atoms in total. The third-order valence-corrected chi connectivity index (χ3v) is 6.49. The first kappa shape index (κ1) is 22.9. The average Bonchev–Trinajstić information content (AvgIpc) is 2.81. The number of nitrogens with zero attached hydrogens (tertiary/aromatic N) is 1. The quantitative estimate of drug-likeness (QED) is 0.699. The molecule has 0 radical (unpaired) electrons. The number of hydrogen-bond donors (Lipinski definition) is 2. The fraction of sp³-hybridized carbons (Fsp3) is 0.500. The van der Waals surface area contributed by atoms with Gasteiger partial charge < -0.3 is 24.8 Å². The maximum Gasteiger partial charge on any atom is 0.221 e. The van der Waals surface area contributed by atoms with Crippen LogP contribution in [0.2, 0.25) is 0 Å². The normalized spacial score (nSPS) is 26.6. The van der Waals surface area contributed by atoms with Gasteiger partial charge in [0.15, 0.2) is 6.29 Å².